The van der Waals surface area contributed by atoms with E-state index in [1.807, 2.05) is 18.8 Å². The number of fused-ring (bicyclic) bond motifs is 5. The molecule has 4 aromatic rings. The Morgan fingerprint density at radius 3 is 2.68 bits per heavy atom. The van der Waals surface area contributed by atoms with Gasteiger partial charge in [0.15, 0.2) is 5.82 Å². The quantitative estimate of drug-likeness (QED) is 0.448. The van der Waals surface area contributed by atoms with E-state index in [0.717, 1.165) is 52.7 Å². The van der Waals surface area contributed by atoms with Crippen LogP contribution in [0.5, 0.6) is 0 Å². The summed E-state index contributed by atoms with van der Waals surface area (Å²) in [6, 6.07) is 15.1. The first-order chi connectivity index (χ1) is 16.5. The van der Waals surface area contributed by atoms with Crippen molar-refractivity contribution >= 4 is 5.69 Å². The van der Waals surface area contributed by atoms with Crippen LogP contribution in [0.25, 0.3) is 28.3 Å². The van der Waals surface area contributed by atoms with E-state index in [2.05, 4.69) is 54.9 Å². The molecular formula is C26H27FN6O. The van der Waals surface area contributed by atoms with E-state index in [4.69, 9.17) is 0 Å². The molecular weight excluding hydrogens is 431 g/mol. The van der Waals surface area contributed by atoms with E-state index in [-0.39, 0.29) is 17.8 Å². The molecule has 6 rings (SSSR count). The number of halogens is 1. The normalized spacial score (nSPS) is 19.1. The van der Waals surface area contributed by atoms with Crippen LogP contribution in [0, 0.1) is 11.7 Å². The lowest BCUT2D eigenvalue weighted by atomic mass is 10.1. The number of benzene rings is 2. The first kappa shape index (κ1) is 21.1. The molecule has 34 heavy (non-hydrogen) atoms. The van der Waals surface area contributed by atoms with Crippen molar-refractivity contribution in [2.75, 3.05) is 38.6 Å². The summed E-state index contributed by atoms with van der Waals surface area (Å²) in [5, 5.41) is 15.1. The van der Waals surface area contributed by atoms with Gasteiger partial charge in [-0.1, -0.05) is 12.1 Å². The van der Waals surface area contributed by atoms with Crippen molar-refractivity contribution in [3.8, 4) is 28.3 Å². The van der Waals surface area contributed by atoms with Crippen LogP contribution in [0.4, 0.5) is 10.1 Å². The summed E-state index contributed by atoms with van der Waals surface area (Å²) >= 11 is 0. The summed E-state index contributed by atoms with van der Waals surface area (Å²) < 4.78 is 17.5. The zero-order chi connectivity index (χ0) is 23.4. The Morgan fingerprint density at radius 2 is 1.88 bits per heavy atom. The fourth-order valence-electron chi connectivity index (χ4n) is 5.22. The minimum Gasteiger partial charge on any atom is -0.391 e. The van der Waals surface area contributed by atoms with Gasteiger partial charge in [-0.2, -0.15) is 5.10 Å². The highest BCUT2D eigenvalue weighted by atomic mass is 19.1. The van der Waals surface area contributed by atoms with Crippen molar-refractivity contribution in [3.63, 3.8) is 0 Å². The summed E-state index contributed by atoms with van der Waals surface area (Å²) in [4.78, 5) is 8.95. The number of rotatable bonds is 4. The van der Waals surface area contributed by atoms with Gasteiger partial charge in [0.25, 0.3) is 0 Å². The topological polar surface area (TPSA) is 62.3 Å². The average molecular weight is 459 g/mol. The molecule has 0 unspecified atom stereocenters. The third-order valence-corrected chi connectivity index (χ3v) is 6.85. The monoisotopic (exact) mass is 458 g/mol. The van der Waals surface area contributed by atoms with Crippen LogP contribution in [-0.2, 0) is 6.54 Å². The molecule has 0 saturated carbocycles. The van der Waals surface area contributed by atoms with E-state index >= 15 is 0 Å². The molecule has 1 fully saturated rings. The molecule has 2 aromatic carbocycles. The molecule has 1 saturated heterocycles. The Hall–Kier alpha value is -3.49. The van der Waals surface area contributed by atoms with Gasteiger partial charge in [0.1, 0.15) is 12.1 Å². The van der Waals surface area contributed by atoms with Crippen molar-refractivity contribution in [2.24, 2.45) is 5.92 Å². The standard InChI is InChI=1S/C26H27FN6O/c1-30(2)11-20-14-31(15-25(20)34)22-7-8-23-19(9-22)13-32-12-18(17-3-5-21(27)6-4-17)10-24(32)26-28-16-29-33(23)26/h3-10,12,16,20,25,34H,11,13-15H2,1-2H3/t20-,25-/m0/s1. The second-order valence-electron chi connectivity index (χ2n) is 9.55. The molecule has 2 aliphatic rings. The van der Waals surface area contributed by atoms with Crippen LogP contribution in [0.1, 0.15) is 5.56 Å². The summed E-state index contributed by atoms with van der Waals surface area (Å²) in [6.45, 7) is 3.00. The maximum Gasteiger partial charge on any atom is 0.179 e. The van der Waals surface area contributed by atoms with Gasteiger partial charge in [-0.05, 0) is 61.6 Å². The van der Waals surface area contributed by atoms with Crippen LogP contribution < -0.4 is 4.90 Å². The maximum atomic E-state index is 13.4. The second-order valence-corrected chi connectivity index (χ2v) is 9.55. The first-order valence-corrected chi connectivity index (χ1v) is 11.5. The minimum absolute atomic E-state index is 0.227. The van der Waals surface area contributed by atoms with E-state index < -0.39 is 0 Å². The van der Waals surface area contributed by atoms with Crippen molar-refractivity contribution < 1.29 is 9.50 Å². The first-order valence-electron chi connectivity index (χ1n) is 11.5. The second kappa shape index (κ2) is 8.07. The molecule has 0 radical (unpaired) electrons. The van der Waals surface area contributed by atoms with Gasteiger partial charge in [0.05, 0.1) is 17.5 Å². The van der Waals surface area contributed by atoms with E-state index in [0.29, 0.717) is 13.1 Å². The van der Waals surface area contributed by atoms with Crippen molar-refractivity contribution in [2.45, 2.75) is 12.6 Å². The Kier molecular flexibility index (Phi) is 5.00. The van der Waals surface area contributed by atoms with Crippen LogP contribution >= 0.6 is 0 Å². The molecule has 4 heterocycles. The van der Waals surface area contributed by atoms with Gasteiger partial charge in [0, 0.05) is 49.5 Å². The predicted molar refractivity (Wildman–Crippen MR) is 130 cm³/mol. The highest BCUT2D eigenvalue weighted by Gasteiger charge is 2.32. The Labute approximate surface area is 197 Å². The third kappa shape index (κ3) is 3.59. The molecule has 174 valence electrons. The molecule has 2 aliphatic heterocycles. The van der Waals surface area contributed by atoms with Crippen molar-refractivity contribution in [3.05, 3.63) is 72.4 Å². The number of nitrogens with zero attached hydrogens (tertiary/aromatic N) is 6. The Morgan fingerprint density at radius 1 is 1.06 bits per heavy atom. The molecule has 0 amide bonds. The largest absolute Gasteiger partial charge is 0.391 e. The zero-order valence-corrected chi connectivity index (χ0v) is 19.3. The average Bonchev–Trinajstić information content (AvgIpc) is 3.52. The van der Waals surface area contributed by atoms with Gasteiger partial charge >= 0.3 is 0 Å². The van der Waals surface area contributed by atoms with Gasteiger partial charge in [-0.3, -0.25) is 0 Å². The van der Waals surface area contributed by atoms with E-state index in [9.17, 15) is 9.50 Å². The minimum atomic E-state index is -0.336. The van der Waals surface area contributed by atoms with E-state index in [1.165, 1.54) is 12.1 Å². The van der Waals surface area contributed by atoms with Gasteiger partial charge < -0.3 is 19.5 Å². The number of aliphatic hydroxyl groups is 1. The summed E-state index contributed by atoms with van der Waals surface area (Å²) in [5.41, 5.74) is 6.19. The highest BCUT2D eigenvalue weighted by molar-refractivity contribution is 5.71. The maximum absolute atomic E-state index is 13.4. The van der Waals surface area contributed by atoms with Gasteiger partial charge in [0.2, 0.25) is 0 Å². The molecule has 0 bridgehead atoms. The highest BCUT2D eigenvalue weighted by Crippen LogP contribution is 2.35. The van der Waals surface area contributed by atoms with Crippen molar-refractivity contribution in [1.82, 2.24) is 24.2 Å². The van der Waals surface area contributed by atoms with Crippen LogP contribution in [-0.4, -0.2) is 69.2 Å². The summed E-state index contributed by atoms with van der Waals surface area (Å²) in [7, 11) is 4.09. The molecule has 0 spiro atoms. The summed E-state index contributed by atoms with van der Waals surface area (Å²) in [6.07, 6.45) is 3.34. The lowest BCUT2D eigenvalue weighted by Gasteiger charge is -2.21. The molecule has 1 N–H and O–H groups in total. The van der Waals surface area contributed by atoms with Gasteiger partial charge in [-0.15, -0.1) is 0 Å². The number of hydrogen-bond donors (Lipinski definition) is 1. The number of β-amino-alcohol motifs (C(OH)–C–C–N with tert-alkyl or cyclic N) is 1. The van der Waals surface area contributed by atoms with Crippen LogP contribution in [0.15, 0.2) is 61.1 Å². The molecule has 8 heteroatoms. The van der Waals surface area contributed by atoms with Crippen molar-refractivity contribution in [1.29, 1.82) is 0 Å². The lowest BCUT2D eigenvalue weighted by molar-refractivity contribution is 0.130. The molecule has 7 nitrogen and oxygen atoms in total. The Balaban J connectivity index is 1.37. The van der Waals surface area contributed by atoms with Crippen LogP contribution in [0.3, 0.4) is 0 Å². The molecule has 2 atom stereocenters. The number of anilines is 1. The smallest absolute Gasteiger partial charge is 0.179 e. The Bertz CT molecular complexity index is 1340. The molecule has 2 aromatic heterocycles. The van der Waals surface area contributed by atoms with Gasteiger partial charge in [-0.25, -0.2) is 14.1 Å². The zero-order valence-electron chi connectivity index (χ0n) is 19.3. The fourth-order valence-corrected chi connectivity index (χ4v) is 5.22. The van der Waals surface area contributed by atoms with E-state index in [1.54, 1.807) is 18.5 Å². The molecule has 0 aliphatic carbocycles. The fraction of sp³-hybridized carbons (Fsp3) is 0.308. The van der Waals surface area contributed by atoms with Crippen LogP contribution in [0.2, 0.25) is 0 Å². The SMILES string of the molecule is CN(C)C[C@H]1CN(c2ccc3c(c2)Cn2cc(-c4ccc(F)cc4)cc2-c2ncnn2-3)C[C@@H]1O. The number of aliphatic hydroxyl groups excluding tert-OH is 1. The predicted octanol–water partition coefficient (Wildman–Crippen LogP) is 3.26. The number of hydrogen-bond acceptors (Lipinski definition) is 5. The third-order valence-electron chi connectivity index (χ3n) is 6.85. The number of aromatic nitrogens is 4. The summed E-state index contributed by atoms with van der Waals surface area (Å²) in [5.74, 6) is 0.762. The lowest BCUT2D eigenvalue weighted by Crippen LogP contribution is -2.29.